The molecule has 1 saturated heterocycles. The molecule has 1 fully saturated rings. The molecule has 0 bridgehead atoms. The Balaban J connectivity index is 1.90. The largest absolute Gasteiger partial charge is 0.383 e. The van der Waals surface area contributed by atoms with E-state index in [1.165, 1.54) is 10.6 Å². The maximum atomic E-state index is 12.4. The fraction of sp³-hybridized carbons (Fsp3) is 0.667. The fourth-order valence-corrected chi connectivity index (χ4v) is 3.08. The van der Waals surface area contributed by atoms with Crippen LogP contribution < -0.4 is 10.9 Å². The zero-order valence-corrected chi connectivity index (χ0v) is 15.0. The van der Waals surface area contributed by atoms with E-state index in [4.69, 9.17) is 4.74 Å². The van der Waals surface area contributed by atoms with Crippen LogP contribution in [0.1, 0.15) is 37.0 Å². The summed E-state index contributed by atoms with van der Waals surface area (Å²) in [4.78, 5) is 26.7. The minimum absolute atomic E-state index is 0.108. The molecule has 1 aliphatic rings. The number of hydrogen-bond acceptors (Lipinski definition) is 4. The van der Waals surface area contributed by atoms with Crippen molar-refractivity contribution in [1.82, 2.24) is 14.8 Å². The maximum absolute atomic E-state index is 12.4. The van der Waals surface area contributed by atoms with E-state index in [9.17, 15) is 9.59 Å². The van der Waals surface area contributed by atoms with Gasteiger partial charge < -0.3 is 19.5 Å². The van der Waals surface area contributed by atoms with Crippen molar-refractivity contribution in [1.29, 1.82) is 0 Å². The summed E-state index contributed by atoms with van der Waals surface area (Å²) in [5.41, 5.74) is 0.404. The van der Waals surface area contributed by atoms with Crippen LogP contribution in [0.3, 0.4) is 0 Å². The predicted octanol–water partition coefficient (Wildman–Crippen LogP) is 1.34. The van der Waals surface area contributed by atoms with Gasteiger partial charge in [0, 0.05) is 51.6 Å². The number of pyridine rings is 1. The molecule has 0 atom stereocenters. The number of aromatic nitrogens is 1. The maximum Gasteiger partial charge on any atom is 0.252 e. The average molecular weight is 335 g/mol. The second-order valence-electron chi connectivity index (χ2n) is 6.88. The van der Waals surface area contributed by atoms with Crippen molar-refractivity contribution >= 4 is 5.91 Å². The van der Waals surface area contributed by atoms with Gasteiger partial charge in [-0.25, -0.2) is 0 Å². The smallest absolute Gasteiger partial charge is 0.252 e. The van der Waals surface area contributed by atoms with Gasteiger partial charge in [0.05, 0.1) is 12.2 Å². The minimum atomic E-state index is -0.120. The van der Waals surface area contributed by atoms with Crippen molar-refractivity contribution in [3.63, 3.8) is 0 Å². The molecule has 1 aromatic heterocycles. The molecule has 6 nitrogen and oxygen atoms in total. The summed E-state index contributed by atoms with van der Waals surface area (Å²) >= 11 is 0. The Morgan fingerprint density at radius 2 is 2.04 bits per heavy atom. The third-order valence-electron chi connectivity index (χ3n) is 4.33. The molecule has 0 radical (unpaired) electrons. The van der Waals surface area contributed by atoms with E-state index < -0.39 is 0 Å². The highest BCUT2D eigenvalue weighted by Gasteiger charge is 2.21. The van der Waals surface area contributed by atoms with Gasteiger partial charge in [-0.15, -0.1) is 0 Å². The van der Waals surface area contributed by atoms with Gasteiger partial charge in [0.2, 0.25) is 0 Å². The number of ether oxygens (including phenoxy) is 1. The number of nitrogens with zero attached hydrogens (tertiary/aromatic N) is 2. The van der Waals surface area contributed by atoms with Crippen LogP contribution in [0.5, 0.6) is 0 Å². The molecule has 1 aliphatic heterocycles. The summed E-state index contributed by atoms with van der Waals surface area (Å²) in [7, 11) is 1.59. The molecule has 6 heteroatoms. The quantitative estimate of drug-likeness (QED) is 0.817. The molecule has 0 saturated carbocycles. The average Bonchev–Trinajstić information content (AvgIpc) is 2.55. The first kappa shape index (κ1) is 18.7. The molecular formula is C18H29N3O3. The number of rotatable bonds is 7. The summed E-state index contributed by atoms with van der Waals surface area (Å²) < 4.78 is 6.51. The predicted molar refractivity (Wildman–Crippen MR) is 94.3 cm³/mol. The molecular weight excluding hydrogens is 306 g/mol. The second kappa shape index (κ2) is 8.99. The van der Waals surface area contributed by atoms with Gasteiger partial charge in [-0.05, 0) is 24.8 Å². The van der Waals surface area contributed by atoms with Crippen LogP contribution in [0.4, 0.5) is 0 Å². The number of piperidine rings is 1. The van der Waals surface area contributed by atoms with Gasteiger partial charge in [-0.3, -0.25) is 9.59 Å². The van der Waals surface area contributed by atoms with Gasteiger partial charge in [0.1, 0.15) is 0 Å². The van der Waals surface area contributed by atoms with Crippen molar-refractivity contribution in [3.05, 3.63) is 34.2 Å². The van der Waals surface area contributed by atoms with Crippen molar-refractivity contribution in [2.45, 2.75) is 39.3 Å². The highest BCUT2D eigenvalue weighted by Crippen LogP contribution is 2.12. The molecule has 1 N–H and O–H groups in total. The van der Waals surface area contributed by atoms with E-state index in [-0.39, 0.29) is 17.5 Å². The summed E-state index contributed by atoms with van der Waals surface area (Å²) in [6.07, 6.45) is 3.56. The summed E-state index contributed by atoms with van der Waals surface area (Å²) in [6.45, 7) is 8.51. The number of amides is 1. The van der Waals surface area contributed by atoms with Gasteiger partial charge in [-0.2, -0.15) is 0 Å². The monoisotopic (exact) mass is 335 g/mol. The van der Waals surface area contributed by atoms with E-state index in [0.29, 0.717) is 24.6 Å². The summed E-state index contributed by atoms with van der Waals surface area (Å²) in [6, 6.07) is 3.24. The molecule has 1 amide bonds. The normalized spacial score (nSPS) is 16.5. The number of methoxy groups -OCH3 is 1. The Kier molecular flexibility index (Phi) is 6.99. The van der Waals surface area contributed by atoms with Crippen molar-refractivity contribution in [2.24, 2.45) is 5.92 Å². The minimum Gasteiger partial charge on any atom is -0.383 e. The third kappa shape index (κ3) is 5.46. The van der Waals surface area contributed by atoms with Gasteiger partial charge in [0.25, 0.3) is 11.5 Å². The lowest BCUT2D eigenvalue weighted by Crippen LogP contribution is -2.45. The van der Waals surface area contributed by atoms with E-state index in [0.717, 1.165) is 32.5 Å². The third-order valence-corrected chi connectivity index (χ3v) is 4.33. The highest BCUT2D eigenvalue weighted by atomic mass is 16.5. The molecule has 24 heavy (non-hydrogen) atoms. The van der Waals surface area contributed by atoms with E-state index >= 15 is 0 Å². The molecule has 0 aromatic carbocycles. The lowest BCUT2D eigenvalue weighted by Gasteiger charge is -2.33. The van der Waals surface area contributed by atoms with Crippen LogP contribution in [0, 0.1) is 5.92 Å². The molecule has 0 unspecified atom stereocenters. The van der Waals surface area contributed by atoms with Gasteiger partial charge in [-0.1, -0.05) is 13.8 Å². The molecule has 134 valence electrons. The number of carbonyl (C=O) groups excluding carboxylic acids is 1. The summed E-state index contributed by atoms with van der Waals surface area (Å²) in [5, 5.41) is 3.10. The Labute approximate surface area is 143 Å². The van der Waals surface area contributed by atoms with Crippen LogP contribution in [0.2, 0.25) is 0 Å². The Bertz CT molecular complexity index is 589. The van der Waals surface area contributed by atoms with Crippen LogP contribution >= 0.6 is 0 Å². The first-order chi connectivity index (χ1) is 11.5. The van der Waals surface area contributed by atoms with Crippen LogP contribution in [-0.2, 0) is 11.3 Å². The van der Waals surface area contributed by atoms with Gasteiger partial charge >= 0.3 is 0 Å². The Morgan fingerprint density at radius 3 is 2.67 bits per heavy atom. The van der Waals surface area contributed by atoms with Crippen molar-refractivity contribution in [2.75, 3.05) is 33.4 Å². The Hall–Kier alpha value is -1.66. The lowest BCUT2D eigenvalue weighted by molar-refractivity contribution is 0.0906. The van der Waals surface area contributed by atoms with Crippen molar-refractivity contribution < 1.29 is 9.53 Å². The number of likely N-dealkylation sites (tertiary alicyclic amines) is 1. The highest BCUT2D eigenvalue weighted by molar-refractivity contribution is 5.94. The van der Waals surface area contributed by atoms with Crippen LogP contribution in [0.25, 0.3) is 0 Å². The lowest BCUT2D eigenvalue weighted by atomic mass is 10.0. The molecule has 0 aliphatic carbocycles. The van der Waals surface area contributed by atoms with Crippen molar-refractivity contribution in [3.8, 4) is 0 Å². The number of nitrogens with one attached hydrogen (secondary N) is 1. The van der Waals surface area contributed by atoms with E-state index in [1.807, 2.05) is 0 Å². The van der Waals surface area contributed by atoms with Gasteiger partial charge in [0.15, 0.2) is 0 Å². The zero-order chi connectivity index (χ0) is 17.5. The molecule has 2 heterocycles. The molecule has 1 aromatic rings. The zero-order valence-electron chi connectivity index (χ0n) is 15.0. The standard InChI is InChI=1S/C18H29N3O3/c1-14(2)12-20-8-6-16(7-9-20)19-18(23)15-4-5-17(22)21(13-15)10-11-24-3/h4-5,13-14,16H,6-12H2,1-3H3,(H,19,23). The summed E-state index contributed by atoms with van der Waals surface area (Å²) in [5.74, 6) is 0.563. The van der Waals surface area contributed by atoms with Crippen LogP contribution in [0.15, 0.2) is 23.1 Å². The first-order valence-electron chi connectivity index (χ1n) is 8.72. The van der Waals surface area contributed by atoms with Crippen LogP contribution in [-0.4, -0.2) is 54.8 Å². The second-order valence-corrected chi connectivity index (χ2v) is 6.88. The molecule has 2 rings (SSSR count). The van der Waals surface area contributed by atoms with E-state index in [2.05, 4.69) is 24.1 Å². The Morgan fingerprint density at radius 1 is 1.33 bits per heavy atom. The topological polar surface area (TPSA) is 63.6 Å². The first-order valence-corrected chi connectivity index (χ1v) is 8.72. The number of hydrogen-bond donors (Lipinski definition) is 1. The SMILES string of the molecule is COCCn1cc(C(=O)NC2CCN(CC(C)C)CC2)ccc1=O. The number of carbonyl (C=O) groups is 1. The van der Waals surface area contributed by atoms with E-state index in [1.54, 1.807) is 19.4 Å². The molecule has 0 spiro atoms. The fourth-order valence-electron chi connectivity index (χ4n) is 3.08.